The predicted octanol–water partition coefficient (Wildman–Crippen LogP) is 2.53. The van der Waals surface area contributed by atoms with Crippen molar-refractivity contribution < 1.29 is 9.53 Å². The van der Waals surface area contributed by atoms with E-state index < -0.39 is 0 Å². The van der Waals surface area contributed by atoms with E-state index in [1.54, 1.807) is 0 Å². The van der Waals surface area contributed by atoms with E-state index in [-0.39, 0.29) is 11.9 Å². The maximum atomic E-state index is 11.7. The molecule has 1 aliphatic rings. The third kappa shape index (κ3) is 2.54. The second-order valence-corrected chi connectivity index (χ2v) is 3.63. The van der Waals surface area contributed by atoms with Gasteiger partial charge in [-0.1, -0.05) is 26.0 Å². The molecule has 1 heterocycles. The van der Waals surface area contributed by atoms with Crippen molar-refractivity contribution in [3.8, 4) is 5.75 Å². The van der Waals surface area contributed by atoms with Crippen LogP contribution in [0.1, 0.15) is 36.7 Å². The fraction of sp³-hybridized carbons (Fsp3) is 0.462. The summed E-state index contributed by atoms with van der Waals surface area (Å²) in [6, 6.07) is 5.71. The topological polar surface area (TPSA) is 38.3 Å². The second-order valence-electron chi connectivity index (χ2n) is 3.63. The predicted molar refractivity (Wildman–Crippen MR) is 65.0 cm³/mol. The third-order valence-electron chi connectivity index (χ3n) is 2.33. The smallest absolute Gasteiger partial charge is 0.255 e. The summed E-state index contributed by atoms with van der Waals surface area (Å²) in [6.45, 7) is 8.37. The van der Waals surface area contributed by atoms with Gasteiger partial charge in [-0.05, 0) is 25.5 Å². The Balaban J connectivity index is 0.000000606. The summed E-state index contributed by atoms with van der Waals surface area (Å²) in [7, 11) is 0. The molecule has 2 rings (SSSR count). The van der Waals surface area contributed by atoms with Crippen molar-refractivity contribution >= 4 is 5.91 Å². The van der Waals surface area contributed by atoms with E-state index in [1.807, 2.05) is 45.9 Å². The van der Waals surface area contributed by atoms with Gasteiger partial charge in [0.2, 0.25) is 0 Å². The molecule has 1 aromatic carbocycles. The molecule has 1 unspecified atom stereocenters. The molecule has 3 nitrogen and oxygen atoms in total. The Kier molecular flexibility index (Phi) is 4.35. The van der Waals surface area contributed by atoms with Crippen LogP contribution in [0.4, 0.5) is 0 Å². The van der Waals surface area contributed by atoms with Crippen LogP contribution in [0.25, 0.3) is 0 Å². The molecule has 0 saturated heterocycles. The Morgan fingerprint density at radius 1 is 1.38 bits per heavy atom. The van der Waals surface area contributed by atoms with Crippen molar-refractivity contribution in [3.63, 3.8) is 0 Å². The molecule has 0 spiro atoms. The lowest BCUT2D eigenvalue weighted by Gasteiger charge is -2.07. The minimum absolute atomic E-state index is 0.0388. The number of hydrogen-bond donors (Lipinski definition) is 1. The monoisotopic (exact) mass is 221 g/mol. The summed E-state index contributed by atoms with van der Waals surface area (Å²) in [5.74, 6) is 0.648. The number of ether oxygens (including phenoxy) is 1. The average Bonchev–Trinajstić information content (AvgIpc) is 2.42. The molecule has 0 aromatic heterocycles. The van der Waals surface area contributed by atoms with Crippen molar-refractivity contribution in [1.82, 2.24) is 5.32 Å². The van der Waals surface area contributed by atoms with E-state index in [9.17, 15) is 4.79 Å². The molecule has 1 atom stereocenters. The Morgan fingerprint density at radius 2 is 2.06 bits per heavy atom. The van der Waals surface area contributed by atoms with Gasteiger partial charge < -0.3 is 10.1 Å². The molecule has 16 heavy (non-hydrogen) atoms. The van der Waals surface area contributed by atoms with E-state index in [0.29, 0.717) is 17.9 Å². The molecule has 3 heteroatoms. The van der Waals surface area contributed by atoms with Crippen LogP contribution in [0.3, 0.4) is 0 Å². The van der Waals surface area contributed by atoms with E-state index in [1.165, 1.54) is 0 Å². The van der Waals surface area contributed by atoms with Crippen LogP contribution in [0, 0.1) is 6.92 Å². The van der Waals surface area contributed by atoms with Gasteiger partial charge in [-0.3, -0.25) is 4.79 Å². The molecule has 0 bridgehead atoms. The van der Waals surface area contributed by atoms with Gasteiger partial charge in [-0.15, -0.1) is 0 Å². The van der Waals surface area contributed by atoms with Crippen LogP contribution >= 0.6 is 0 Å². The average molecular weight is 221 g/mol. The second kappa shape index (κ2) is 5.54. The summed E-state index contributed by atoms with van der Waals surface area (Å²) in [6.07, 6.45) is 0. The highest BCUT2D eigenvalue weighted by Gasteiger charge is 2.21. The largest absolute Gasteiger partial charge is 0.491 e. The van der Waals surface area contributed by atoms with Crippen molar-refractivity contribution in [2.24, 2.45) is 0 Å². The summed E-state index contributed by atoms with van der Waals surface area (Å²) in [5, 5.41) is 2.87. The zero-order chi connectivity index (χ0) is 12.1. The van der Waals surface area contributed by atoms with Crippen LogP contribution < -0.4 is 10.1 Å². The highest BCUT2D eigenvalue weighted by molar-refractivity contribution is 5.98. The zero-order valence-corrected chi connectivity index (χ0v) is 10.3. The van der Waals surface area contributed by atoms with E-state index >= 15 is 0 Å². The van der Waals surface area contributed by atoms with Gasteiger partial charge in [0.15, 0.2) is 0 Å². The van der Waals surface area contributed by atoms with Crippen molar-refractivity contribution in [2.75, 3.05) is 6.61 Å². The van der Waals surface area contributed by atoms with Gasteiger partial charge >= 0.3 is 0 Å². The zero-order valence-electron chi connectivity index (χ0n) is 10.3. The SMILES string of the molecule is CC.Cc1cccc2c1C(=O)NC(C)CO2. The number of hydrogen-bond acceptors (Lipinski definition) is 2. The van der Waals surface area contributed by atoms with Gasteiger partial charge in [0.1, 0.15) is 12.4 Å². The standard InChI is InChI=1S/C11H13NO2.C2H6/c1-7-4-3-5-9-10(7)11(13)12-8(2)6-14-9;1-2/h3-5,8H,6H2,1-2H3,(H,12,13);1-2H3. The highest BCUT2D eigenvalue weighted by Crippen LogP contribution is 2.23. The fourth-order valence-electron chi connectivity index (χ4n) is 1.60. The molecule has 0 fully saturated rings. The lowest BCUT2D eigenvalue weighted by molar-refractivity contribution is 0.0942. The molecular formula is C13H19NO2. The minimum atomic E-state index is -0.0388. The van der Waals surface area contributed by atoms with E-state index in [2.05, 4.69) is 5.32 Å². The van der Waals surface area contributed by atoms with Gasteiger partial charge in [0.05, 0.1) is 11.6 Å². The molecule has 1 N–H and O–H groups in total. The summed E-state index contributed by atoms with van der Waals surface area (Å²) < 4.78 is 5.53. The Morgan fingerprint density at radius 3 is 2.75 bits per heavy atom. The fourth-order valence-corrected chi connectivity index (χ4v) is 1.60. The van der Waals surface area contributed by atoms with Crippen LogP contribution in [-0.2, 0) is 0 Å². The first-order valence-corrected chi connectivity index (χ1v) is 5.72. The van der Waals surface area contributed by atoms with E-state index in [4.69, 9.17) is 4.74 Å². The number of amides is 1. The van der Waals surface area contributed by atoms with Crippen LogP contribution in [0.15, 0.2) is 18.2 Å². The first-order valence-electron chi connectivity index (χ1n) is 5.72. The van der Waals surface area contributed by atoms with E-state index in [0.717, 1.165) is 5.56 Å². The van der Waals surface area contributed by atoms with Gasteiger partial charge in [-0.25, -0.2) is 0 Å². The Bertz CT molecular complexity index is 374. The maximum Gasteiger partial charge on any atom is 0.255 e. The van der Waals surface area contributed by atoms with Crippen LogP contribution in [0.5, 0.6) is 5.75 Å². The van der Waals surface area contributed by atoms with Crippen molar-refractivity contribution in [3.05, 3.63) is 29.3 Å². The molecule has 1 aliphatic heterocycles. The maximum absolute atomic E-state index is 11.7. The number of fused-ring (bicyclic) bond motifs is 1. The number of carbonyl (C=O) groups is 1. The minimum Gasteiger partial charge on any atom is -0.491 e. The lowest BCUT2D eigenvalue weighted by Crippen LogP contribution is -2.34. The number of benzene rings is 1. The van der Waals surface area contributed by atoms with Crippen LogP contribution in [-0.4, -0.2) is 18.6 Å². The first-order chi connectivity index (χ1) is 7.68. The first kappa shape index (κ1) is 12.6. The normalized spacial score (nSPS) is 18.2. The van der Waals surface area contributed by atoms with Crippen LogP contribution in [0.2, 0.25) is 0 Å². The van der Waals surface area contributed by atoms with Crippen molar-refractivity contribution in [2.45, 2.75) is 33.7 Å². The Labute approximate surface area is 96.8 Å². The number of aryl methyl sites for hydroxylation is 1. The van der Waals surface area contributed by atoms with Crippen molar-refractivity contribution in [1.29, 1.82) is 0 Å². The molecule has 1 aromatic rings. The highest BCUT2D eigenvalue weighted by atomic mass is 16.5. The quantitative estimate of drug-likeness (QED) is 0.731. The summed E-state index contributed by atoms with van der Waals surface area (Å²) >= 11 is 0. The molecular weight excluding hydrogens is 202 g/mol. The van der Waals surface area contributed by atoms with Gasteiger partial charge in [-0.2, -0.15) is 0 Å². The number of carbonyl (C=O) groups excluding carboxylic acids is 1. The number of rotatable bonds is 0. The summed E-state index contributed by atoms with van der Waals surface area (Å²) in [5.41, 5.74) is 1.62. The lowest BCUT2D eigenvalue weighted by atomic mass is 10.1. The van der Waals surface area contributed by atoms with Gasteiger partial charge in [0.25, 0.3) is 5.91 Å². The molecule has 88 valence electrons. The summed E-state index contributed by atoms with van der Waals surface area (Å²) in [4.78, 5) is 11.7. The van der Waals surface area contributed by atoms with Gasteiger partial charge in [0, 0.05) is 0 Å². The Hall–Kier alpha value is -1.51. The molecule has 0 radical (unpaired) electrons. The molecule has 1 amide bonds. The molecule has 0 aliphatic carbocycles. The molecule has 0 saturated carbocycles. The third-order valence-corrected chi connectivity index (χ3v) is 2.33. The number of nitrogens with one attached hydrogen (secondary N) is 1.